The zero-order valence-corrected chi connectivity index (χ0v) is 19.4. The predicted molar refractivity (Wildman–Crippen MR) is 129 cm³/mol. The molecule has 0 spiro atoms. The minimum atomic E-state index is -0.142. The lowest BCUT2D eigenvalue weighted by atomic mass is 10.1. The van der Waals surface area contributed by atoms with Crippen molar-refractivity contribution in [3.8, 4) is 11.5 Å². The minimum absolute atomic E-state index is 0.142. The highest BCUT2D eigenvalue weighted by atomic mass is 35.5. The van der Waals surface area contributed by atoms with E-state index in [2.05, 4.69) is 10.3 Å². The molecule has 8 heteroatoms. The molecule has 0 unspecified atom stereocenters. The Labute approximate surface area is 200 Å². The third kappa shape index (κ3) is 4.94. The van der Waals surface area contributed by atoms with Crippen LogP contribution in [0, 0.1) is 0 Å². The van der Waals surface area contributed by atoms with Gasteiger partial charge in [0.25, 0.3) is 5.91 Å². The van der Waals surface area contributed by atoms with Crippen LogP contribution < -0.4 is 14.8 Å². The molecule has 1 aliphatic heterocycles. The lowest BCUT2D eigenvalue weighted by Gasteiger charge is -2.13. The van der Waals surface area contributed by atoms with Crippen LogP contribution in [0.2, 0.25) is 5.02 Å². The van der Waals surface area contributed by atoms with E-state index < -0.39 is 0 Å². The Bertz CT molecular complexity index is 1270. The van der Waals surface area contributed by atoms with Crippen LogP contribution in [0.1, 0.15) is 28.0 Å². The van der Waals surface area contributed by atoms with Crippen LogP contribution in [0.25, 0.3) is 5.65 Å². The van der Waals surface area contributed by atoms with Gasteiger partial charge in [-0.1, -0.05) is 29.8 Å². The lowest BCUT2D eigenvalue weighted by molar-refractivity contribution is 0.0948. The summed E-state index contributed by atoms with van der Waals surface area (Å²) in [6.07, 6.45) is 4.79. The number of carbonyl (C=O) groups excluding carboxylic acids is 1. The number of imidazole rings is 1. The summed E-state index contributed by atoms with van der Waals surface area (Å²) >= 11 is 7.97. The van der Waals surface area contributed by atoms with Crippen molar-refractivity contribution in [2.45, 2.75) is 23.6 Å². The number of aromatic nitrogens is 2. The molecule has 0 saturated heterocycles. The Morgan fingerprint density at radius 3 is 2.88 bits per heavy atom. The SMILES string of the molecule is O=C(NCc1cc(Cl)c2c(c1)OCCCO2)c1ccccc1SCc1cn2ccccc2n1. The summed E-state index contributed by atoms with van der Waals surface area (Å²) in [6, 6.07) is 17.2. The topological polar surface area (TPSA) is 64.9 Å². The van der Waals surface area contributed by atoms with Gasteiger partial charge in [0.05, 0.1) is 29.5 Å². The maximum Gasteiger partial charge on any atom is 0.252 e. The summed E-state index contributed by atoms with van der Waals surface area (Å²) in [4.78, 5) is 18.5. The first kappa shape index (κ1) is 21.7. The molecule has 1 aliphatic rings. The molecule has 6 nitrogen and oxygen atoms in total. The number of hydrogen-bond donors (Lipinski definition) is 1. The van der Waals surface area contributed by atoms with Crippen molar-refractivity contribution in [3.05, 3.63) is 88.8 Å². The highest BCUT2D eigenvalue weighted by Crippen LogP contribution is 2.38. The van der Waals surface area contributed by atoms with Gasteiger partial charge in [-0.2, -0.15) is 0 Å². The number of ether oxygens (including phenoxy) is 2. The van der Waals surface area contributed by atoms with E-state index in [1.165, 1.54) is 0 Å². The number of halogens is 1. The van der Waals surface area contributed by atoms with E-state index in [0.29, 0.717) is 47.6 Å². The average Bonchev–Trinajstić information content (AvgIpc) is 3.10. The number of rotatable bonds is 6. The highest BCUT2D eigenvalue weighted by Gasteiger charge is 2.17. The van der Waals surface area contributed by atoms with E-state index >= 15 is 0 Å². The monoisotopic (exact) mass is 479 g/mol. The number of fused-ring (bicyclic) bond motifs is 2. The largest absolute Gasteiger partial charge is 0.489 e. The fourth-order valence-electron chi connectivity index (χ4n) is 3.65. The van der Waals surface area contributed by atoms with Gasteiger partial charge < -0.3 is 19.2 Å². The van der Waals surface area contributed by atoms with E-state index in [1.54, 1.807) is 17.8 Å². The van der Waals surface area contributed by atoms with Crippen LogP contribution >= 0.6 is 23.4 Å². The summed E-state index contributed by atoms with van der Waals surface area (Å²) in [7, 11) is 0. The smallest absolute Gasteiger partial charge is 0.252 e. The molecule has 1 amide bonds. The normalized spacial score (nSPS) is 13.0. The summed E-state index contributed by atoms with van der Waals surface area (Å²) in [5, 5.41) is 3.49. The number of pyridine rings is 1. The first-order valence-corrected chi connectivity index (χ1v) is 12.0. The molecule has 5 rings (SSSR count). The number of thioether (sulfide) groups is 1. The number of carbonyl (C=O) groups is 1. The number of amides is 1. The fourth-order valence-corrected chi connectivity index (χ4v) is 4.87. The van der Waals surface area contributed by atoms with E-state index in [4.69, 9.17) is 21.1 Å². The van der Waals surface area contributed by atoms with Crippen molar-refractivity contribution < 1.29 is 14.3 Å². The Kier molecular flexibility index (Phi) is 6.41. The maximum absolute atomic E-state index is 13.0. The molecule has 1 N–H and O–H groups in total. The van der Waals surface area contributed by atoms with Crippen LogP contribution in [0.15, 0.2) is 71.9 Å². The second kappa shape index (κ2) is 9.77. The second-order valence-electron chi connectivity index (χ2n) is 7.62. The van der Waals surface area contributed by atoms with Crippen LogP contribution in [0.5, 0.6) is 11.5 Å². The van der Waals surface area contributed by atoms with Gasteiger partial charge in [-0.15, -0.1) is 11.8 Å². The standard InChI is InChI=1S/C25H22ClN3O3S/c26-20-12-17(13-21-24(20)32-11-5-10-31-21)14-27-25(30)19-6-1-2-7-22(19)33-16-18-15-29-9-4-3-8-23(29)28-18/h1-4,6-9,12-13,15H,5,10-11,14,16H2,(H,27,30). The van der Waals surface area contributed by atoms with Crippen LogP contribution in [-0.4, -0.2) is 28.5 Å². The molecule has 168 valence electrons. The molecule has 0 atom stereocenters. The second-order valence-corrected chi connectivity index (χ2v) is 9.05. The number of nitrogens with one attached hydrogen (secondary N) is 1. The van der Waals surface area contributed by atoms with Gasteiger partial charge >= 0.3 is 0 Å². The van der Waals surface area contributed by atoms with Crippen LogP contribution in [0.3, 0.4) is 0 Å². The van der Waals surface area contributed by atoms with Gasteiger partial charge in [-0.3, -0.25) is 4.79 Å². The van der Waals surface area contributed by atoms with Gasteiger partial charge in [0.15, 0.2) is 11.5 Å². The number of nitrogens with zero attached hydrogens (tertiary/aromatic N) is 2. The lowest BCUT2D eigenvalue weighted by Crippen LogP contribution is -2.23. The molecule has 0 aliphatic carbocycles. The maximum atomic E-state index is 13.0. The van der Waals surface area contributed by atoms with Crippen molar-refractivity contribution in [2.24, 2.45) is 0 Å². The first-order chi connectivity index (χ1) is 16.2. The molecular formula is C25H22ClN3O3S. The van der Waals surface area contributed by atoms with Crippen molar-refractivity contribution >= 4 is 34.9 Å². The summed E-state index contributed by atoms with van der Waals surface area (Å²) in [5.41, 5.74) is 3.36. The molecule has 33 heavy (non-hydrogen) atoms. The number of benzene rings is 2. The molecule has 0 bridgehead atoms. The number of hydrogen-bond acceptors (Lipinski definition) is 5. The van der Waals surface area contributed by atoms with Gasteiger partial charge in [0.1, 0.15) is 5.65 Å². The Balaban J connectivity index is 1.27. The molecular weight excluding hydrogens is 458 g/mol. The summed E-state index contributed by atoms with van der Waals surface area (Å²) in [6.45, 7) is 1.49. The molecule has 0 saturated carbocycles. The van der Waals surface area contributed by atoms with Crippen molar-refractivity contribution in [1.29, 1.82) is 0 Å². The van der Waals surface area contributed by atoms with E-state index in [1.807, 2.05) is 65.3 Å². The molecule has 2 aromatic heterocycles. The molecule has 0 fully saturated rings. The molecule has 0 radical (unpaired) electrons. The third-order valence-electron chi connectivity index (χ3n) is 5.24. The third-order valence-corrected chi connectivity index (χ3v) is 6.62. The summed E-state index contributed by atoms with van der Waals surface area (Å²) < 4.78 is 13.4. The predicted octanol–water partition coefficient (Wildman–Crippen LogP) is 5.37. The van der Waals surface area contributed by atoms with Gasteiger partial charge in [-0.05, 0) is 42.0 Å². The first-order valence-electron chi connectivity index (χ1n) is 10.7. The average molecular weight is 480 g/mol. The van der Waals surface area contributed by atoms with Crippen LogP contribution in [0.4, 0.5) is 0 Å². The zero-order chi connectivity index (χ0) is 22.6. The van der Waals surface area contributed by atoms with E-state index in [9.17, 15) is 4.79 Å². The van der Waals surface area contributed by atoms with Gasteiger partial charge in [-0.25, -0.2) is 4.98 Å². The minimum Gasteiger partial charge on any atom is -0.489 e. The van der Waals surface area contributed by atoms with Crippen molar-refractivity contribution in [1.82, 2.24) is 14.7 Å². The fraction of sp³-hybridized carbons (Fsp3) is 0.200. The quantitative estimate of drug-likeness (QED) is 0.376. The highest BCUT2D eigenvalue weighted by molar-refractivity contribution is 7.98. The molecule has 2 aromatic carbocycles. The Morgan fingerprint density at radius 2 is 1.97 bits per heavy atom. The van der Waals surface area contributed by atoms with Gasteiger partial charge in [0, 0.05) is 36.0 Å². The van der Waals surface area contributed by atoms with Gasteiger partial charge in [0.2, 0.25) is 0 Å². The van der Waals surface area contributed by atoms with Crippen LogP contribution in [-0.2, 0) is 12.3 Å². The molecule has 4 aromatic rings. The molecule has 3 heterocycles. The summed E-state index contributed by atoms with van der Waals surface area (Å²) in [5.74, 6) is 1.71. The zero-order valence-electron chi connectivity index (χ0n) is 17.8. The Morgan fingerprint density at radius 1 is 1.12 bits per heavy atom. The Hall–Kier alpha value is -3.16. The van der Waals surface area contributed by atoms with Crippen molar-refractivity contribution in [3.63, 3.8) is 0 Å². The van der Waals surface area contributed by atoms with E-state index in [0.717, 1.165) is 28.2 Å². The van der Waals surface area contributed by atoms with Crippen molar-refractivity contribution in [2.75, 3.05) is 13.2 Å². The van der Waals surface area contributed by atoms with E-state index in [-0.39, 0.29) is 5.91 Å².